The fourth-order valence-corrected chi connectivity index (χ4v) is 2.19. The molecule has 27 heavy (non-hydrogen) atoms. The monoisotopic (exact) mass is 486 g/mol. The molecular weight excluding hydrogens is 455 g/mol. The molecule has 1 aromatic heterocycles. The standard InChI is InChI=1S/C20H30N4O2.HI/c1-6-21-19(22-11-12-25-16-9-7-15(2)8-10-16)24-14-18-23-13-17(26-18)20(3,4)5;/h7-10,13H,6,11-12,14H2,1-5H3,(H2,21,22,24);1H. The number of aliphatic imine (C=N–C) groups is 1. The van der Waals surface area contributed by atoms with Crippen molar-refractivity contribution in [1.82, 2.24) is 15.6 Å². The third kappa shape index (κ3) is 8.19. The normalized spacial score (nSPS) is 11.7. The van der Waals surface area contributed by atoms with Crippen LogP contribution in [0.15, 0.2) is 39.9 Å². The summed E-state index contributed by atoms with van der Waals surface area (Å²) in [5, 5.41) is 6.46. The second-order valence-electron chi connectivity index (χ2n) is 7.15. The molecule has 0 bridgehead atoms. The van der Waals surface area contributed by atoms with Crippen LogP contribution in [0.5, 0.6) is 5.75 Å². The Balaban J connectivity index is 0.00000364. The van der Waals surface area contributed by atoms with Crippen molar-refractivity contribution in [2.45, 2.75) is 46.6 Å². The summed E-state index contributed by atoms with van der Waals surface area (Å²) in [6.45, 7) is 12.8. The number of ether oxygens (including phenoxy) is 1. The van der Waals surface area contributed by atoms with Crippen LogP contribution < -0.4 is 15.4 Å². The molecule has 0 atom stereocenters. The predicted molar refractivity (Wildman–Crippen MR) is 120 cm³/mol. The maximum atomic E-state index is 5.77. The van der Waals surface area contributed by atoms with Gasteiger partial charge in [0.15, 0.2) is 5.96 Å². The van der Waals surface area contributed by atoms with Gasteiger partial charge in [0.1, 0.15) is 24.7 Å². The smallest absolute Gasteiger partial charge is 0.216 e. The second-order valence-corrected chi connectivity index (χ2v) is 7.15. The van der Waals surface area contributed by atoms with E-state index in [2.05, 4.69) is 48.3 Å². The van der Waals surface area contributed by atoms with Crippen LogP contribution in [0, 0.1) is 6.92 Å². The highest BCUT2D eigenvalue weighted by molar-refractivity contribution is 14.0. The Bertz CT molecular complexity index is 706. The minimum atomic E-state index is -0.0506. The van der Waals surface area contributed by atoms with E-state index in [0.29, 0.717) is 25.6 Å². The fourth-order valence-electron chi connectivity index (χ4n) is 2.19. The average Bonchev–Trinajstić information content (AvgIpc) is 3.07. The molecule has 0 spiro atoms. The maximum Gasteiger partial charge on any atom is 0.216 e. The largest absolute Gasteiger partial charge is 0.492 e. The second kappa shape index (κ2) is 11.2. The zero-order chi connectivity index (χ0) is 19.0. The van der Waals surface area contributed by atoms with Gasteiger partial charge in [-0.05, 0) is 26.0 Å². The summed E-state index contributed by atoms with van der Waals surface area (Å²) in [6, 6.07) is 8.03. The van der Waals surface area contributed by atoms with Crippen molar-refractivity contribution in [3.63, 3.8) is 0 Å². The molecule has 2 rings (SSSR count). The third-order valence-corrected chi connectivity index (χ3v) is 3.69. The molecule has 0 amide bonds. The lowest BCUT2D eigenvalue weighted by Gasteiger charge is -2.13. The first-order valence-electron chi connectivity index (χ1n) is 9.05. The molecule has 0 radical (unpaired) electrons. The lowest BCUT2D eigenvalue weighted by atomic mass is 9.94. The van der Waals surface area contributed by atoms with Crippen LogP contribution in [0.2, 0.25) is 0 Å². The summed E-state index contributed by atoms with van der Waals surface area (Å²) >= 11 is 0. The number of oxazole rings is 1. The molecule has 7 heteroatoms. The summed E-state index contributed by atoms with van der Waals surface area (Å²) in [4.78, 5) is 8.82. The number of benzene rings is 1. The number of aromatic nitrogens is 1. The zero-order valence-electron chi connectivity index (χ0n) is 16.8. The molecule has 6 nitrogen and oxygen atoms in total. The molecule has 2 N–H and O–H groups in total. The molecule has 0 aliphatic rings. The van der Waals surface area contributed by atoms with Crippen LogP contribution >= 0.6 is 24.0 Å². The minimum Gasteiger partial charge on any atom is -0.492 e. The molecule has 1 heterocycles. The summed E-state index contributed by atoms with van der Waals surface area (Å²) in [7, 11) is 0. The first kappa shape index (κ1) is 23.3. The molecule has 0 fully saturated rings. The van der Waals surface area contributed by atoms with Crippen molar-refractivity contribution in [3.8, 4) is 5.75 Å². The number of hydrogen-bond acceptors (Lipinski definition) is 4. The highest BCUT2D eigenvalue weighted by atomic mass is 127. The summed E-state index contributed by atoms with van der Waals surface area (Å²) in [6.07, 6.45) is 1.78. The first-order valence-corrected chi connectivity index (χ1v) is 9.05. The van der Waals surface area contributed by atoms with Gasteiger partial charge in [-0.3, -0.25) is 0 Å². The predicted octanol–water partition coefficient (Wildman–Crippen LogP) is 4.03. The minimum absolute atomic E-state index is 0. The van der Waals surface area contributed by atoms with Crippen LogP contribution in [0.4, 0.5) is 0 Å². The first-order chi connectivity index (χ1) is 12.4. The van der Waals surface area contributed by atoms with E-state index in [4.69, 9.17) is 9.15 Å². The highest BCUT2D eigenvalue weighted by Gasteiger charge is 2.18. The Morgan fingerprint density at radius 2 is 1.89 bits per heavy atom. The van der Waals surface area contributed by atoms with Crippen LogP contribution in [0.1, 0.15) is 44.9 Å². The summed E-state index contributed by atoms with van der Waals surface area (Å²) in [5.74, 6) is 3.07. The number of nitrogens with one attached hydrogen (secondary N) is 2. The van der Waals surface area contributed by atoms with Gasteiger partial charge in [-0.2, -0.15) is 0 Å². The van der Waals surface area contributed by atoms with Crippen molar-refractivity contribution in [1.29, 1.82) is 0 Å². The highest BCUT2D eigenvalue weighted by Crippen LogP contribution is 2.22. The van der Waals surface area contributed by atoms with Gasteiger partial charge < -0.3 is 19.8 Å². The maximum absolute atomic E-state index is 5.77. The summed E-state index contributed by atoms with van der Waals surface area (Å²) < 4.78 is 11.5. The number of guanidine groups is 1. The van der Waals surface area contributed by atoms with Gasteiger partial charge in [0.05, 0.1) is 12.7 Å². The van der Waals surface area contributed by atoms with Gasteiger partial charge in [-0.1, -0.05) is 38.5 Å². The molecular formula is C20H31IN4O2. The van der Waals surface area contributed by atoms with Crippen molar-refractivity contribution in [2.75, 3.05) is 19.7 Å². The Kier molecular flexibility index (Phi) is 9.62. The molecule has 0 saturated carbocycles. The molecule has 0 aliphatic carbocycles. The van der Waals surface area contributed by atoms with Crippen molar-refractivity contribution in [3.05, 3.63) is 47.7 Å². The van der Waals surface area contributed by atoms with Crippen LogP contribution in [0.3, 0.4) is 0 Å². The zero-order valence-corrected chi connectivity index (χ0v) is 19.2. The van der Waals surface area contributed by atoms with Gasteiger partial charge in [-0.15, -0.1) is 24.0 Å². The van der Waals surface area contributed by atoms with Gasteiger partial charge in [-0.25, -0.2) is 9.98 Å². The van der Waals surface area contributed by atoms with Gasteiger partial charge in [0, 0.05) is 12.0 Å². The average molecular weight is 486 g/mol. The van der Waals surface area contributed by atoms with E-state index in [1.165, 1.54) is 5.56 Å². The Hall–Kier alpha value is -1.77. The third-order valence-electron chi connectivity index (χ3n) is 3.69. The lowest BCUT2D eigenvalue weighted by molar-refractivity contribution is 0.322. The van der Waals surface area contributed by atoms with Gasteiger partial charge in [0.25, 0.3) is 0 Å². The number of aryl methyl sites for hydroxylation is 1. The number of hydrogen-bond donors (Lipinski definition) is 2. The van der Waals surface area contributed by atoms with Crippen LogP contribution in [0.25, 0.3) is 0 Å². The molecule has 0 aliphatic heterocycles. The number of halogens is 1. The van der Waals surface area contributed by atoms with E-state index < -0.39 is 0 Å². The molecule has 150 valence electrons. The molecule has 0 unspecified atom stereocenters. The van der Waals surface area contributed by atoms with E-state index >= 15 is 0 Å². The van der Waals surface area contributed by atoms with E-state index in [9.17, 15) is 0 Å². The topological polar surface area (TPSA) is 71.7 Å². The Labute approximate surface area is 179 Å². The van der Waals surface area contributed by atoms with Gasteiger partial charge in [0.2, 0.25) is 5.89 Å². The quantitative estimate of drug-likeness (QED) is 0.268. The Morgan fingerprint density at radius 3 is 2.48 bits per heavy atom. The van der Waals surface area contributed by atoms with Crippen molar-refractivity contribution < 1.29 is 9.15 Å². The molecule has 1 aromatic carbocycles. The van der Waals surface area contributed by atoms with E-state index in [0.717, 1.165) is 24.0 Å². The van der Waals surface area contributed by atoms with Crippen molar-refractivity contribution in [2.24, 2.45) is 4.99 Å². The number of rotatable bonds is 7. The van der Waals surface area contributed by atoms with E-state index in [1.54, 1.807) is 6.20 Å². The fraction of sp³-hybridized carbons (Fsp3) is 0.500. The van der Waals surface area contributed by atoms with Gasteiger partial charge >= 0.3 is 0 Å². The Morgan fingerprint density at radius 1 is 1.19 bits per heavy atom. The summed E-state index contributed by atoms with van der Waals surface area (Å²) in [5.41, 5.74) is 1.17. The number of nitrogens with zero attached hydrogens (tertiary/aromatic N) is 2. The van der Waals surface area contributed by atoms with Crippen LogP contribution in [-0.4, -0.2) is 30.6 Å². The lowest BCUT2D eigenvalue weighted by Crippen LogP contribution is -2.39. The van der Waals surface area contributed by atoms with E-state index in [-0.39, 0.29) is 29.4 Å². The SMILES string of the molecule is CCNC(=NCc1ncc(C(C)(C)C)o1)NCCOc1ccc(C)cc1.I. The van der Waals surface area contributed by atoms with E-state index in [1.807, 2.05) is 31.2 Å². The molecule has 2 aromatic rings. The van der Waals surface area contributed by atoms with Crippen LogP contribution in [-0.2, 0) is 12.0 Å². The van der Waals surface area contributed by atoms with Crippen molar-refractivity contribution >= 4 is 29.9 Å². The molecule has 0 saturated heterocycles.